The minimum atomic E-state index is 0.294. The van der Waals surface area contributed by atoms with Gasteiger partial charge in [-0.2, -0.15) is 0 Å². The van der Waals surface area contributed by atoms with Crippen molar-refractivity contribution in [1.82, 2.24) is 14.7 Å². The lowest BCUT2D eigenvalue weighted by atomic mass is 10.2. The molecule has 0 aliphatic rings. The zero-order valence-corrected chi connectivity index (χ0v) is 17.0. The Morgan fingerprint density at radius 2 is 1.92 bits per heavy atom. The molecule has 0 radical (unpaired) electrons. The number of nitrogens with zero attached hydrogens (tertiary/aromatic N) is 3. The van der Waals surface area contributed by atoms with Gasteiger partial charge >= 0.3 is 0 Å². The van der Waals surface area contributed by atoms with E-state index in [1.54, 1.807) is 31.0 Å². The highest BCUT2D eigenvalue weighted by molar-refractivity contribution is 9.10. The first-order valence-corrected chi connectivity index (χ1v) is 8.93. The maximum Gasteiger partial charge on any atom is 0.288 e. The molecule has 7 nitrogen and oxygen atoms in total. The largest absolute Gasteiger partial charge is 0.493 e. The molecule has 0 fully saturated rings. The number of halogens is 1. The second-order valence-corrected chi connectivity index (χ2v) is 6.73. The molecular weight excluding hydrogens is 422 g/mol. The van der Waals surface area contributed by atoms with Gasteiger partial charge in [0.05, 0.1) is 27.4 Å². The predicted molar refractivity (Wildman–Crippen MR) is 102 cm³/mol. The number of ether oxygens (including phenoxy) is 2. The molecule has 0 aliphatic heterocycles. The van der Waals surface area contributed by atoms with Crippen molar-refractivity contribution in [2.45, 2.75) is 13.2 Å². The first-order valence-electron chi connectivity index (χ1n) is 7.73. The predicted octanol–water partition coefficient (Wildman–Crippen LogP) is 4.33. The third kappa shape index (κ3) is 4.17. The smallest absolute Gasteiger partial charge is 0.288 e. The van der Waals surface area contributed by atoms with Crippen molar-refractivity contribution in [2.24, 2.45) is 0 Å². The van der Waals surface area contributed by atoms with Gasteiger partial charge in [0.25, 0.3) is 4.84 Å². The molecular formula is C17H18BrN3O4S. The molecule has 0 aliphatic carbocycles. The monoisotopic (exact) mass is 439 g/mol. The van der Waals surface area contributed by atoms with Crippen LogP contribution in [0.15, 0.2) is 43.8 Å². The van der Waals surface area contributed by atoms with Crippen molar-refractivity contribution in [1.29, 1.82) is 0 Å². The van der Waals surface area contributed by atoms with Crippen LogP contribution in [0.3, 0.4) is 0 Å². The molecule has 2 aromatic heterocycles. The topological polar surface area (TPSA) is 65.8 Å². The van der Waals surface area contributed by atoms with E-state index in [0.29, 0.717) is 40.1 Å². The Morgan fingerprint density at radius 1 is 1.15 bits per heavy atom. The number of hydrogen-bond donors (Lipinski definition) is 0. The van der Waals surface area contributed by atoms with E-state index in [0.717, 1.165) is 11.3 Å². The van der Waals surface area contributed by atoms with E-state index in [1.165, 1.54) is 0 Å². The first kappa shape index (κ1) is 18.7. The van der Waals surface area contributed by atoms with Gasteiger partial charge in [-0.3, -0.25) is 4.90 Å². The van der Waals surface area contributed by atoms with Gasteiger partial charge in [0.15, 0.2) is 16.2 Å². The van der Waals surface area contributed by atoms with E-state index in [1.807, 2.05) is 30.1 Å². The minimum Gasteiger partial charge on any atom is -0.493 e. The van der Waals surface area contributed by atoms with Crippen LogP contribution in [0.25, 0.3) is 11.5 Å². The van der Waals surface area contributed by atoms with E-state index < -0.39 is 0 Å². The maximum atomic E-state index is 5.64. The summed E-state index contributed by atoms with van der Waals surface area (Å²) in [5.41, 5.74) is 0.755. The van der Waals surface area contributed by atoms with E-state index in [9.17, 15) is 0 Å². The first-order chi connectivity index (χ1) is 12.5. The molecule has 26 heavy (non-hydrogen) atoms. The van der Waals surface area contributed by atoms with Crippen LogP contribution in [0.5, 0.6) is 11.5 Å². The van der Waals surface area contributed by atoms with Crippen LogP contribution in [-0.4, -0.2) is 35.9 Å². The van der Waals surface area contributed by atoms with Crippen LogP contribution < -0.4 is 9.47 Å². The summed E-state index contributed by atoms with van der Waals surface area (Å²) in [4.78, 5) is 2.31. The molecule has 0 unspecified atom stereocenters. The van der Waals surface area contributed by atoms with E-state index in [2.05, 4.69) is 21.0 Å². The second kappa shape index (κ2) is 8.07. The number of hydrogen-bond acceptors (Lipinski definition) is 7. The fourth-order valence-corrected chi connectivity index (χ4v) is 2.98. The molecule has 1 aromatic carbocycles. The van der Waals surface area contributed by atoms with Crippen LogP contribution in [0, 0.1) is 4.84 Å². The fraction of sp³-hybridized carbons (Fsp3) is 0.294. The highest BCUT2D eigenvalue weighted by atomic mass is 79.9. The summed E-state index contributed by atoms with van der Waals surface area (Å²) >= 11 is 8.59. The van der Waals surface area contributed by atoms with E-state index >= 15 is 0 Å². The quantitative estimate of drug-likeness (QED) is 0.507. The van der Waals surface area contributed by atoms with Gasteiger partial charge in [0.1, 0.15) is 5.76 Å². The molecule has 0 amide bonds. The Morgan fingerprint density at radius 3 is 2.58 bits per heavy atom. The normalized spacial score (nSPS) is 11.1. The summed E-state index contributed by atoms with van der Waals surface area (Å²) in [6, 6.07) is 9.22. The summed E-state index contributed by atoms with van der Waals surface area (Å²) in [6.07, 6.45) is 0. The SMILES string of the molecule is COc1ccc(-c2nn(CN(C)Cc3ccc(Br)o3)c(=S)o2)cc1OC. The van der Waals surface area contributed by atoms with Gasteiger partial charge < -0.3 is 18.3 Å². The summed E-state index contributed by atoms with van der Waals surface area (Å²) in [7, 11) is 5.12. The standard InChI is InChI=1S/C17H18BrN3O4S/c1-20(9-12-5-7-15(18)24-12)10-21-17(26)25-16(19-21)11-4-6-13(22-2)14(8-11)23-3/h4-8H,9-10H2,1-3H3. The summed E-state index contributed by atoms with van der Waals surface area (Å²) < 4.78 is 24.0. The Bertz CT molecular complexity index is 950. The molecule has 3 aromatic rings. The van der Waals surface area contributed by atoms with Crippen LogP contribution in [-0.2, 0) is 13.2 Å². The van der Waals surface area contributed by atoms with Crippen LogP contribution in [0.1, 0.15) is 5.76 Å². The van der Waals surface area contributed by atoms with Crippen molar-refractivity contribution in [3.05, 3.63) is 45.6 Å². The summed E-state index contributed by atoms with van der Waals surface area (Å²) in [6.45, 7) is 1.08. The lowest BCUT2D eigenvalue weighted by Gasteiger charge is -2.13. The van der Waals surface area contributed by atoms with Crippen molar-refractivity contribution < 1.29 is 18.3 Å². The van der Waals surface area contributed by atoms with Crippen molar-refractivity contribution >= 4 is 28.1 Å². The molecule has 2 heterocycles. The number of furan rings is 1. The minimum absolute atomic E-state index is 0.294. The van der Waals surface area contributed by atoms with Gasteiger partial charge in [-0.1, -0.05) is 0 Å². The third-order valence-corrected chi connectivity index (χ3v) is 4.39. The Balaban J connectivity index is 1.77. The maximum absolute atomic E-state index is 5.64. The molecule has 0 atom stereocenters. The summed E-state index contributed by atoms with van der Waals surface area (Å²) in [5.74, 6) is 2.50. The number of benzene rings is 1. The van der Waals surface area contributed by atoms with Crippen LogP contribution in [0.2, 0.25) is 0 Å². The van der Waals surface area contributed by atoms with E-state index in [-0.39, 0.29) is 0 Å². The molecule has 0 saturated carbocycles. The highest BCUT2D eigenvalue weighted by Gasteiger charge is 2.13. The fourth-order valence-electron chi connectivity index (χ4n) is 2.46. The average Bonchev–Trinajstić information content (AvgIpc) is 3.20. The number of aromatic nitrogens is 2. The molecule has 0 bridgehead atoms. The molecule has 0 saturated heterocycles. The van der Waals surface area contributed by atoms with Crippen molar-refractivity contribution in [3.63, 3.8) is 0 Å². The molecule has 0 N–H and O–H groups in total. The third-order valence-electron chi connectivity index (χ3n) is 3.67. The van der Waals surface area contributed by atoms with Gasteiger partial charge in [-0.15, -0.1) is 5.10 Å². The zero-order valence-electron chi connectivity index (χ0n) is 14.6. The number of methoxy groups -OCH3 is 2. The van der Waals surface area contributed by atoms with Crippen LogP contribution >= 0.6 is 28.1 Å². The van der Waals surface area contributed by atoms with Crippen molar-refractivity contribution in [3.8, 4) is 23.0 Å². The second-order valence-electron chi connectivity index (χ2n) is 5.60. The Labute approximate surface area is 164 Å². The Hall–Kier alpha value is -2.10. The molecule has 3 rings (SSSR count). The average molecular weight is 440 g/mol. The lowest BCUT2D eigenvalue weighted by molar-refractivity contribution is 0.222. The Kier molecular flexibility index (Phi) is 5.80. The molecule has 9 heteroatoms. The van der Waals surface area contributed by atoms with Gasteiger partial charge in [0, 0.05) is 5.56 Å². The van der Waals surface area contributed by atoms with Crippen molar-refractivity contribution in [2.75, 3.05) is 21.3 Å². The van der Waals surface area contributed by atoms with Gasteiger partial charge in [0.2, 0.25) is 5.89 Å². The van der Waals surface area contributed by atoms with Crippen LogP contribution in [0.4, 0.5) is 0 Å². The van der Waals surface area contributed by atoms with Gasteiger partial charge in [-0.05, 0) is 65.5 Å². The number of rotatable bonds is 7. The highest BCUT2D eigenvalue weighted by Crippen LogP contribution is 2.31. The lowest BCUT2D eigenvalue weighted by Crippen LogP contribution is -2.22. The van der Waals surface area contributed by atoms with E-state index in [4.69, 9.17) is 30.5 Å². The summed E-state index contributed by atoms with van der Waals surface area (Å²) in [5, 5.41) is 4.47. The zero-order chi connectivity index (χ0) is 18.7. The molecule has 0 spiro atoms. The molecule has 138 valence electrons. The van der Waals surface area contributed by atoms with Gasteiger partial charge in [-0.25, -0.2) is 4.68 Å².